The largest absolute Gasteiger partial charge is 0.409 e. The fraction of sp³-hybridized carbons (Fsp3) is 0.385. The van der Waals surface area contributed by atoms with Gasteiger partial charge in [0.25, 0.3) is 5.91 Å². The normalized spacial score (nSPS) is 20.4. The molecule has 0 radical (unpaired) electrons. The van der Waals surface area contributed by atoms with Gasteiger partial charge in [0.2, 0.25) is 0 Å². The lowest BCUT2D eigenvalue weighted by molar-refractivity contribution is 0.0701. The van der Waals surface area contributed by atoms with Crippen LogP contribution in [0.3, 0.4) is 0 Å². The zero-order valence-electron chi connectivity index (χ0n) is 10.4. The van der Waals surface area contributed by atoms with Crippen molar-refractivity contribution in [1.29, 1.82) is 0 Å². The van der Waals surface area contributed by atoms with Gasteiger partial charge in [-0.25, -0.2) is 0 Å². The van der Waals surface area contributed by atoms with E-state index >= 15 is 0 Å². The Labute approximate surface area is 120 Å². The number of nitrogens with two attached hydrogens (primary N) is 1. The van der Waals surface area contributed by atoms with Crippen molar-refractivity contribution in [3.8, 4) is 0 Å². The number of amides is 1. The first-order valence-corrected chi connectivity index (χ1v) is 6.93. The Morgan fingerprint density at radius 1 is 1.42 bits per heavy atom. The van der Waals surface area contributed by atoms with E-state index in [1.807, 2.05) is 12.1 Å². The minimum Gasteiger partial charge on any atom is -0.409 e. The van der Waals surface area contributed by atoms with Crippen LogP contribution in [0.15, 0.2) is 33.9 Å². The molecule has 1 aromatic rings. The van der Waals surface area contributed by atoms with Crippen molar-refractivity contribution >= 4 is 27.7 Å². The first-order chi connectivity index (χ1) is 9.11. The van der Waals surface area contributed by atoms with Crippen molar-refractivity contribution < 1.29 is 10.0 Å². The molecule has 1 aliphatic rings. The highest BCUT2D eigenvalue weighted by molar-refractivity contribution is 9.10. The molecule has 0 saturated carbocycles. The number of piperidine rings is 1. The Hall–Kier alpha value is -1.56. The topological polar surface area (TPSA) is 78.9 Å². The molecule has 0 aromatic heterocycles. The average molecular weight is 326 g/mol. The fourth-order valence-electron chi connectivity index (χ4n) is 2.26. The molecule has 2 rings (SSSR count). The van der Waals surface area contributed by atoms with Crippen molar-refractivity contribution in [1.82, 2.24) is 4.90 Å². The van der Waals surface area contributed by atoms with Crippen LogP contribution in [0.4, 0.5) is 0 Å². The van der Waals surface area contributed by atoms with E-state index in [-0.39, 0.29) is 17.7 Å². The predicted molar refractivity (Wildman–Crippen MR) is 76.2 cm³/mol. The number of benzene rings is 1. The Kier molecular flexibility index (Phi) is 4.42. The van der Waals surface area contributed by atoms with Gasteiger partial charge >= 0.3 is 0 Å². The van der Waals surface area contributed by atoms with Gasteiger partial charge in [0.05, 0.1) is 0 Å². The predicted octanol–water partition coefficient (Wildman–Crippen LogP) is 2.05. The molecule has 102 valence electrons. The monoisotopic (exact) mass is 325 g/mol. The highest BCUT2D eigenvalue weighted by atomic mass is 79.9. The molecule has 1 aromatic carbocycles. The van der Waals surface area contributed by atoms with Gasteiger partial charge in [0, 0.05) is 29.0 Å². The first kappa shape index (κ1) is 13.9. The summed E-state index contributed by atoms with van der Waals surface area (Å²) in [7, 11) is 0. The second-order valence-corrected chi connectivity index (χ2v) is 5.54. The Morgan fingerprint density at radius 3 is 2.74 bits per heavy atom. The number of amidine groups is 1. The van der Waals surface area contributed by atoms with Crippen LogP contribution in [0.5, 0.6) is 0 Å². The molecule has 19 heavy (non-hydrogen) atoms. The molecule has 1 atom stereocenters. The van der Waals surface area contributed by atoms with Gasteiger partial charge in [-0.1, -0.05) is 21.1 Å². The zero-order valence-corrected chi connectivity index (χ0v) is 12.0. The summed E-state index contributed by atoms with van der Waals surface area (Å²) in [6, 6.07) is 7.27. The van der Waals surface area contributed by atoms with Crippen LogP contribution in [0.25, 0.3) is 0 Å². The van der Waals surface area contributed by atoms with Crippen LogP contribution >= 0.6 is 15.9 Å². The third kappa shape index (κ3) is 3.26. The molecule has 1 heterocycles. The molecule has 1 saturated heterocycles. The molecular formula is C13H16BrN3O2. The molecule has 1 unspecified atom stereocenters. The number of carbonyl (C=O) groups excluding carboxylic acids is 1. The highest BCUT2D eigenvalue weighted by Crippen LogP contribution is 2.19. The summed E-state index contributed by atoms with van der Waals surface area (Å²) in [4.78, 5) is 14.1. The third-order valence-electron chi connectivity index (χ3n) is 3.33. The molecule has 1 aliphatic heterocycles. The van der Waals surface area contributed by atoms with Gasteiger partial charge in [0.1, 0.15) is 5.84 Å². The minimum absolute atomic E-state index is 0.0112. The smallest absolute Gasteiger partial charge is 0.253 e. The van der Waals surface area contributed by atoms with Crippen LogP contribution in [-0.4, -0.2) is 34.9 Å². The molecule has 0 aliphatic carbocycles. The van der Waals surface area contributed by atoms with Crippen LogP contribution in [0.1, 0.15) is 23.2 Å². The second kappa shape index (κ2) is 6.06. The number of carbonyl (C=O) groups is 1. The number of nitrogens with zero attached hydrogens (tertiary/aromatic N) is 2. The van der Waals surface area contributed by atoms with Gasteiger partial charge in [-0.15, -0.1) is 0 Å². The summed E-state index contributed by atoms with van der Waals surface area (Å²) in [6.45, 7) is 1.22. The number of hydrogen-bond acceptors (Lipinski definition) is 3. The van der Waals surface area contributed by atoms with Gasteiger partial charge < -0.3 is 15.8 Å². The number of halogens is 1. The molecule has 5 nitrogen and oxygen atoms in total. The Bertz CT molecular complexity index is 487. The molecule has 0 bridgehead atoms. The van der Waals surface area contributed by atoms with Crippen LogP contribution in [0.2, 0.25) is 0 Å². The average Bonchev–Trinajstić information content (AvgIpc) is 2.46. The van der Waals surface area contributed by atoms with Crippen LogP contribution < -0.4 is 5.73 Å². The zero-order chi connectivity index (χ0) is 13.8. The van der Waals surface area contributed by atoms with Crippen molar-refractivity contribution in [3.63, 3.8) is 0 Å². The van der Waals surface area contributed by atoms with Crippen molar-refractivity contribution in [3.05, 3.63) is 34.3 Å². The first-order valence-electron chi connectivity index (χ1n) is 6.14. The van der Waals surface area contributed by atoms with Gasteiger partial charge in [-0.3, -0.25) is 4.79 Å². The molecule has 3 N–H and O–H groups in total. The lowest BCUT2D eigenvalue weighted by Gasteiger charge is -2.32. The van der Waals surface area contributed by atoms with E-state index in [2.05, 4.69) is 21.1 Å². The second-order valence-electron chi connectivity index (χ2n) is 4.62. The maximum atomic E-state index is 12.3. The summed E-state index contributed by atoms with van der Waals surface area (Å²) < 4.78 is 0.942. The Morgan fingerprint density at radius 2 is 2.11 bits per heavy atom. The van der Waals surface area contributed by atoms with Crippen molar-refractivity contribution in [2.75, 3.05) is 13.1 Å². The van der Waals surface area contributed by atoms with Crippen LogP contribution in [-0.2, 0) is 0 Å². The summed E-state index contributed by atoms with van der Waals surface area (Å²) in [5, 5.41) is 11.8. The van der Waals surface area contributed by atoms with E-state index in [4.69, 9.17) is 10.9 Å². The summed E-state index contributed by atoms with van der Waals surface area (Å²) in [5.41, 5.74) is 6.28. The summed E-state index contributed by atoms with van der Waals surface area (Å²) >= 11 is 3.34. The number of likely N-dealkylation sites (tertiary alicyclic amines) is 1. The highest BCUT2D eigenvalue weighted by Gasteiger charge is 2.26. The molecule has 6 heteroatoms. The molecule has 1 fully saturated rings. The van der Waals surface area contributed by atoms with E-state index in [9.17, 15) is 4.79 Å². The van der Waals surface area contributed by atoms with Gasteiger partial charge in [-0.05, 0) is 37.1 Å². The molecular weight excluding hydrogens is 310 g/mol. The lowest BCUT2D eigenvalue weighted by atomic mass is 9.96. The number of hydrogen-bond donors (Lipinski definition) is 2. The van der Waals surface area contributed by atoms with Gasteiger partial charge in [0.15, 0.2) is 0 Å². The maximum Gasteiger partial charge on any atom is 0.253 e. The van der Waals surface area contributed by atoms with E-state index in [0.29, 0.717) is 18.7 Å². The third-order valence-corrected chi connectivity index (χ3v) is 3.86. The van der Waals surface area contributed by atoms with Crippen molar-refractivity contribution in [2.45, 2.75) is 12.8 Å². The lowest BCUT2D eigenvalue weighted by Crippen LogP contribution is -2.44. The number of oxime groups is 1. The van der Waals surface area contributed by atoms with E-state index < -0.39 is 0 Å². The Balaban J connectivity index is 2.09. The fourth-order valence-corrected chi connectivity index (χ4v) is 2.52. The van der Waals surface area contributed by atoms with Crippen LogP contribution in [0, 0.1) is 5.92 Å². The molecule has 0 spiro atoms. The maximum absolute atomic E-state index is 12.3. The summed E-state index contributed by atoms with van der Waals surface area (Å²) in [6.07, 6.45) is 1.71. The van der Waals surface area contributed by atoms with E-state index in [1.165, 1.54) is 0 Å². The standard InChI is InChI=1S/C13H16BrN3O2/c14-11-5-3-9(4-6-11)13(18)17-7-1-2-10(8-17)12(15)16-19/h3-6,10,19H,1-2,7-8H2,(H2,15,16). The SMILES string of the molecule is NC(=NO)C1CCCN(C(=O)c2ccc(Br)cc2)C1. The van der Waals surface area contributed by atoms with Crippen molar-refractivity contribution in [2.24, 2.45) is 16.8 Å². The summed E-state index contributed by atoms with van der Waals surface area (Å²) in [5.74, 6) is 0.134. The van der Waals surface area contributed by atoms with Gasteiger partial charge in [-0.2, -0.15) is 0 Å². The number of rotatable bonds is 2. The minimum atomic E-state index is -0.0573. The van der Waals surface area contributed by atoms with E-state index in [1.54, 1.807) is 17.0 Å². The molecule has 1 amide bonds. The quantitative estimate of drug-likeness (QED) is 0.378. The van der Waals surface area contributed by atoms with E-state index in [0.717, 1.165) is 17.3 Å².